The smallest absolute Gasteiger partial charge is 0.291 e. The summed E-state index contributed by atoms with van der Waals surface area (Å²) in [5.74, 6) is 0.252. The Bertz CT molecular complexity index is 339. The van der Waals surface area contributed by atoms with Gasteiger partial charge in [-0.2, -0.15) is 0 Å². The van der Waals surface area contributed by atoms with Crippen LogP contribution >= 0.6 is 0 Å². The maximum absolute atomic E-state index is 12.0. The number of aromatic nitrogens is 1. The van der Waals surface area contributed by atoms with Gasteiger partial charge in [-0.05, 0) is 19.8 Å². The van der Waals surface area contributed by atoms with Crippen LogP contribution < -0.4 is 0 Å². The highest BCUT2D eigenvalue weighted by Crippen LogP contribution is 2.34. The molecule has 0 aliphatic heterocycles. The molecule has 1 aromatic heterocycles. The summed E-state index contributed by atoms with van der Waals surface area (Å²) in [6, 6.07) is 0. The second kappa shape index (κ2) is 3.68. The first-order valence-corrected chi connectivity index (χ1v) is 5.30. The predicted octanol–water partition coefficient (Wildman–Crippen LogP) is 2.08. The van der Waals surface area contributed by atoms with Gasteiger partial charge in [0.15, 0.2) is 6.39 Å². The Morgan fingerprint density at radius 2 is 2.20 bits per heavy atom. The van der Waals surface area contributed by atoms with Crippen molar-refractivity contribution in [2.24, 2.45) is 0 Å². The van der Waals surface area contributed by atoms with Crippen molar-refractivity contribution in [2.75, 3.05) is 7.05 Å². The number of oxazole rings is 1. The lowest BCUT2D eigenvalue weighted by atomic mass is 9.98. The van der Waals surface area contributed by atoms with Crippen molar-refractivity contribution in [1.29, 1.82) is 0 Å². The first kappa shape index (κ1) is 10.2. The molecule has 1 saturated carbocycles. The van der Waals surface area contributed by atoms with Gasteiger partial charge in [0.05, 0.1) is 6.20 Å². The minimum atomic E-state index is -0.0723. The Labute approximate surface area is 89.3 Å². The van der Waals surface area contributed by atoms with Crippen LogP contribution in [-0.2, 0) is 0 Å². The Morgan fingerprint density at radius 1 is 1.53 bits per heavy atom. The van der Waals surface area contributed by atoms with Gasteiger partial charge in [0.2, 0.25) is 5.76 Å². The summed E-state index contributed by atoms with van der Waals surface area (Å²) >= 11 is 0. The SMILES string of the molecule is CN(C(=O)c1cnco1)C1(C)CCCC1. The second-order valence-electron chi connectivity index (χ2n) is 4.43. The number of rotatable bonds is 2. The molecule has 0 aromatic carbocycles. The summed E-state index contributed by atoms with van der Waals surface area (Å²) < 4.78 is 5.02. The molecule has 0 spiro atoms. The number of amides is 1. The van der Waals surface area contributed by atoms with Crippen LogP contribution in [0.4, 0.5) is 0 Å². The lowest BCUT2D eigenvalue weighted by molar-refractivity contribution is 0.0573. The average Bonchev–Trinajstić information content (AvgIpc) is 2.86. The monoisotopic (exact) mass is 208 g/mol. The van der Waals surface area contributed by atoms with E-state index in [0.717, 1.165) is 12.8 Å². The third-order valence-electron chi connectivity index (χ3n) is 3.44. The number of hydrogen-bond acceptors (Lipinski definition) is 3. The van der Waals surface area contributed by atoms with E-state index in [-0.39, 0.29) is 11.4 Å². The summed E-state index contributed by atoms with van der Waals surface area (Å²) in [7, 11) is 1.84. The van der Waals surface area contributed by atoms with E-state index in [1.165, 1.54) is 25.4 Å². The summed E-state index contributed by atoms with van der Waals surface area (Å²) in [5, 5.41) is 0. The molecule has 4 heteroatoms. The molecule has 1 fully saturated rings. The second-order valence-corrected chi connectivity index (χ2v) is 4.43. The normalized spacial score (nSPS) is 19.1. The summed E-state index contributed by atoms with van der Waals surface area (Å²) in [6.45, 7) is 2.13. The summed E-state index contributed by atoms with van der Waals surface area (Å²) in [6.07, 6.45) is 7.30. The van der Waals surface area contributed by atoms with Gasteiger partial charge in [-0.1, -0.05) is 12.8 Å². The maximum atomic E-state index is 12.0. The molecule has 4 nitrogen and oxygen atoms in total. The van der Waals surface area contributed by atoms with E-state index in [0.29, 0.717) is 5.76 Å². The molecule has 1 aliphatic carbocycles. The Balaban J connectivity index is 2.14. The van der Waals surface area contributed by atoms with Gasteiger partial charge in [-0.3, -0.25) is 4.79 Å². The van der Waals surface area contributed by atoms with Crippen LogP contribution in [0.15, 0.2) is 17.0 Å². The van der Waals surface area contributed by atoms with Crippen LogP contribution in [0.3, 0.4) is 0 Å². The van der Waals surface area contributed by atoms with Crippen LogP contribution in [0, 0.1) is 0 Å². The quantitative estimate of drug-likeness (QED) is 0.747. The van der Waals surface area contributed by atoms with Crippen molar-refractivity contribution in [3.63, 3.8) is 0 Å². The third-order valence-corrected chi connectivity index (χ3v) is 3.44. The molecule has 15 heavy (non-hydrogen) atoms. The van der Waals surface area contributed by atoms with E-state index in [1.54, 1.807) is 4.90 Å². The average molecular weight is 208 g/mol. The van der Waals surface area contributed by atoms with Crippen molar-refractivity contribution < 1.29 is 9.21 Å². The first-order valence-electron chi connectivity index (χ1n) is 5.30. The van der Waals surface area contributed by atoms with Crippen molar-refractivity contribution >= 4 is 5.91 Å². The fourth-order valence-electron chi connectivity index (χ4n) is 2.20. The van der Waals surface area contributed by atoms with Gasteiger partial charge in [-0.25, -0.2) is 4.98 Å². The van der Waals surface area contributed by atoms with Crippen molar-refractivity contribution in [2.45, 2.75) is 38.1 Å². The molecule has 0 saturated heterocycles. The van der Waals surface area contributed by atoms with Crippen molar-refractivity contribution in [1.82, 2.24) is 9.88 Å². The van der Waals surface area contributed by atoms with E-state index >= 15 is 0 Å². The van der Waals surface area contributed by atoms with Crippen molar-refractivity contribution in [3.8, 4) is 0 Å². The largest absolute Gasteiger partial charge is 0.438 e. The standard InChI is InChI=1S/C11H16N2O2/c1-11(5-3-4-6-11)13(2)10(14)9-7-12-8-15-9/h7-8H,3-6H2,1-2H3. The summed E-state index contributed by atoms with van der Waals surface area (Å²) in [4.78, 5) is 17.5. The molecule has 82 valence electrons. The van der Waals surface area contributed by atoms with E-state index in [1.807, 2.05) is 7.05 Å². The van der Waals surface area contributed by atoms with E-state index in [4.69, 9.17) is 4.42 Å². The number of hydrogen-bond donors (Lipinski definition) is 0. The lowest BCUT2D eigenvalue weighted by Crippen LogP contribution is -2.45. The van der Waals surface area contributed by atoms with Crippen LogP contribution in [0.5, 0.6) is 0 Å². The van der Waals surface area contributed by atoms with Gasteiger partial charge < -0.3 is 9.32 Å². The minimum Gasteiger partial charge on any atom is -0.438 e. The number of carbonyl (C=O) groups is 1. The van der Waals surface area contributed by atoms with Gasteiger partial charge in [0.25, 0.3) is 5.91 Å². The fraction of sp³-hybridized carbons (Fsp3) is 0.636. The third kappa shape index (κ3) is 1.76. The Kier molecular flexibility index (Phi) is 2.50. The van der Waals surface area contributed by atoms with Gasteiger partial charge in [-0.15, -0.1) is 0 Å². The first-order chi connectivity index (χ1) is 7.13. The molecule has 1 aromatic rings. The Hall–Kier alpha value is -1.32. The maximum Gasteiger partial charge on any atom is 0.291 e. The predicted molar refractivity (Wildman–Crippen MR) is 55.5 cm³/mol. The highest BCUT2D eigenvalue weighted by Gasteiger charge is 2.36. The minimum absolute atomic E-state index is 0.0100. The molecule has 1 heterocycles. The zero-order chi connectivity index (χ0) is 10.9. The van der Waals surface area contributed by atoms with Gasteiger partial charge >= 0.3 is 0 Å². The summed E-state index contributed by atoms with van der Waals surface area (Å²) in [5.41, 5.74) is -0.0100. The number of nitrogens with zero attached hydrogens (tertiary/aromatic N) is 2. The van der Waals surface area contributed by atoms with Crippen LogP contribution in [0.2, 0.25) is 0 Å². The molecule has 0 radical (unpaired) electrons. The molecular weight excluding hydrogens is 192 g/mol. The number of carbonyl (C=O) groups excluding carboxylic acids is 1. The highest BCUT2D eigenvalue weighted by molar-refractivity contribution is 5.91. The van der Waals surface area contributed by atoms with Crippen molar-refractivity contribution in [3.05, 3.63) is 18.4 Å². The van der Waals surface area contributed by atoms with Crippen LogP contribution in [0.25, 0.3) is 0 Å². The molecule has 0 N–H and O–H groups in total. The molecular formula is C11H16N2O2. The van der Waals surface area contributed by atoms with E-state index < -0.39 is 0 Å². The Morgan fingerprint density at radius 3 is 2.73 bits per heavy atom. The molecule has 1 aliphatic rings. The van der Waals surface area contributed by atoms with E-state index in [2.05, 4.69) is 11.9 Å². The highest BCUT2D eigenvalue weighted by atomic mass is 16.3. The zero-order valence-corrected chi connectivity index (χ0v) is 9.19. The van der Waals surface area contributed by atoms with E-state index in [9.17, 15) is 4.79 Å². The molecule has 0 bridgehead atoms. The molecule has 1 amide bonds. The zero-order valence-electron chi connectivity index (χ0n) is 9.19. The molecule has 0 unspecified atom stereocenters. The molecule has 2 rings (SSSR count). The van der Waals surface area contributed by atoms with Gasteiger partial charge in [0.1, 0.15) is 0 Å². The van der Waals surface area contributed by atoms with Gasteiger partial charge in [0, 0.05) is 12.6 Å². The fourth-order valence-corrected chi connectivity index (χ4v) is 2.20. The van der Waals surface area contributed by atoms with Crippen LogP contribution in [0.1, 0.15) is 43.2 Å². The topological polar surface area (TPSA) is 46.3 Å². The van der Waals surface area contributed by atoms with Crippen LogP contribution in [-0.4, -0.2) is 28.4 Å². The molecule has 0 atom stereocenters. The lowest BCUT2D eigenvalue weighted by Gasteiger charge is -2.34.